The molecule has 6 heteroatoms. The van der Waals surface area contributed by atoms with E-state index in [1.54, 1.807) is 7.11 Å². The number of piperazine rings is 1. The maximum Gasteiger partial charge on any atom is 0.244 e. The maximum atomic E-state index is 5.37. The summed E-state index contributed by atoms with van der Waals surface area (Å²) in [5.41, 5.74) is 1.11. The van der Waals surface area contributed by atoms with Gasteiger partial charge < -0.3 is 15.0 Å². The van der Waals surface area contributed by atoms with E-state index in [9.17, 15) is 0 Å². The minimum atomic E-state index is 0.468. The van der Waals surface area contributed by atoms with Crippen LogP contribution in [0.1, 0.15) is 18.3 Å². The molecule has 1 atom stereocenters. The van der Waals surface area contributed by atoms with Crippen molar-refractivity contribution >= 4 is 5.95 Å². The number of nitrogens with one attached hydrogen (secondary N) is 2. The second kappa shape index (κ2) is 6.13. The van der Waals surface area contributed by atoms with Gasteiger partial charge in [0.2, 0.25) is 5.95 Å². The topological polar surface area (TPSA) is 66.1 Å². The molecule has 2 aromatic rings. The van der Waals surface area contributed by atoms with Crippen molar-refractivity contribution in [2.45, 2.75) is 19.4 Å². The van der Waals surface area contributed by atoms with Crippen LogP contribution < -0.4 is 15.0 Å². The Bertz CT molecular complexity index is 597. The van der Waals surface area contributed by atoms with E-state index >= 15 is 0 Å². The number of H-pyrrole nitrogens is 1. The van der Waals surface area contributed by atoms with Gasteiger partial charge in [0.05, 0.1) is 7.11 Å². The van der Waals surface area contributed by atoms with Crippen molar-refractivity contribution in [2.24, 2.45) is 0 Å². The first-order chi connectivity index (χ1) is 10.3. The first kappa shape index (κ1) is 13.9. The van der Waals surface area contributed by atoms with Gasteiger partial charge in [0.25, 0.3) is 0 Å². The molecule has 1 fully saturated rings. The van der Waals surface area contributed by atoms with Crippen molar-refractivity contribution < 1.29 is 4.74 Å². The van der Waals surface area contributed by atoms with E-state index < -0.39 is 0 Å². The molecule has 1 aromatic heterocycles. The number of hydrogen-bond acceptors (Lipinski definition) is 5. The second-order valence-corrected chi connectivity index (χ2v) is 5.37. The third kappa shape index (κ3) is 3.16. The van der Waals surface area contributed by atoms with E-state index in [-0.39, 0.29) is 0 Å². The lowest BCUT2D eigenvalue weighted by atomic mass is 10.1. The Morgan fingerprint density at radius 2 is 2.24 bits per heavy atom. The largest absolute Gasteiger partial charge is 0.496 e. The molecule has 1 aliphatic rings. The highest BCUT2D eigenvalue weighted by Crippen LogP contribution is 2.20. The van der Waals surface area contributed by atoms with Crippen LogP contribution in [-0.2, 0) is 6.42 Å². The SMILES string of the molecule is COc1ccccc1Cc1nc(N2CCN[C@H](C)C2)n[nH]1. The van der Waals surface area contributed by atoms with E-state index in [1.807, 2.05) is 24.3 Å². The van der Waals surface area contributed by atoms with Crippen LogP contribution in [0.15, 0.2) is 24.3 Å². The lowest BCUT2D eigenvalue weighted by Crippen LogP contribution is -2.49. The van der Waals surface area contributed by atoms with Gasteiger partial charge in [-0.15, -0.1) is 5.10 Å². The molecule has 0 spiro atoms. The number of anilines is 1. The van der Waals surface area contributed by atoms with Crippen LogP contribution in [0.3, 0.4) is 0 Å². The zero-order chi connectivity index (χ0) is 14.7. The highest BCUT2D eigenvalue weighted by atomic mass is 16.5. The smallest absolute Gasteiger partial charge is 0.244 e. The van der Waals surface area contributed by atoms with Crippen LogP contribution >= 0.6 is 0 Å². The zero-order valence-corrected chi connectivity index (χ0v) is 12.5. The zero-order valence-electron chi connectivity index (χ0n) is 12.5. The molecular formula is C15H21N5O. The maximum absolute atomic E-state index is 5.37. The minimum Gasteiger partial charge on any atom is -0.496 e. The Hall–Kier alpha value is -2.08. The summed E-state index contributed by atoms with van der Waals surface area (Å²) >= 11 is 0. The molecule has 112 valence electrons. The average molecular weight is 287 g/mol. The first-order valence-electron chi connectivity index (χ1n) is 7.28. The summed E-state index contributed by atoms with van der Waals surface area (Å²) in [5.74, 6) is 2.53. The fraction of sp³-hybridized carbons (Fsp3) is 0.467. The molecule has 0 amide bonds. The van der Waals surface area contributed by atoms with E-state index in [1.165, 1.54) is 0 Å². The van der Waals surface area contributed by atoms with Crippen molar-refractivity contribution in [3.8, 4) is 5.75 Å². The third-order valence-electron chi connectivity index (χ3n) is 3.72. The number of hydrogen-bond donors (Lipinski definition) is 2. The summed E-state index contributed by atoms with van der Waals surface area (Å²) < 4.78 is 5.37. The number of para-hydroxylation sites is 1. The summed E-state index contributed by atoms with van der Waals surface area (Å²) in [7, 11) is 1.69. The lowest BCUT2D eigenvalue weighted by Gasteiger charge is -2.30. The third-order valence-corrected chi connectivity index (χ3v) is 3.72. The molecule has 0 radical (unpaired) electrons. The molecule has 0 bridgehead atoms. The van der Waals surface area contributed by atoms with Gasteiger partial charge in [-0.3, -0.25) is 5.10 Å². The predicted molar refractivity (Wildman–Crippen MR) is 81.9 cm³/mol. The Morgan fingerprint density at radius 1 is 1.38 bits per heavy atom. The average Bonchev–Trinajstić information content (AvgIpc) is 2.96. The molecular weight excluding hydrogens is 266 g/mol. The number of ether oxygens (including phenoxy) is 1. The minimum absolute atomic E-state index is 0.468. The Labute approximate surface area is 124 Å². The monoisotopic (exact) mass is 287 g/mol. The van der Waals surface area contributed by atoms with E-state index in [2.05, 4.69) is 32.3 Å². The summed E-state index contributed by atoms with van der Waals surface area (Å²) in [6.45, 7) is 5.02. The molecule has 6 nitrogen and oxygen atoms in total. The van der Waals surface area contributed by atoms with E-state index in [0.29, 0.717) is 12.5 Å². The van der Waals surface area contributed by atoms with Crippen molar-refractivity contribution in [1.82, 2.24) is 20.5 Å². The highest BCUT2D eigenvalue weighted by molar-refractivity contribution is 5.36. The van der Waals surface area contributed by atoms with E-state index in [4.69, 9.17) is 4.74 Å². The number of benzene rings is 1. The standard InChI is InChI=1S/C15H21N5O/c1-11-10-20(8-7-16-11)15-17-14(18-19-15)9-12-5-3-4-6-13(12)21-2/h3-6,11,16H,7-10H2,1-2H3,(H,17,18,19)/t11-/m1/s1. The second-order valence-electron chi connectivity index (χ2n) is 5.37. The van der Waals surface area contributed by atoms with Crippen LogP contribution in [0.2, 0.25) is 0 Å². The lowest BCUT2D eigenvalue weighted by molar-refractivity contribution is 0.410. The molecule has 0 unspecified atom stereocenters. The molecule has 2 N–H and O–H groups in total. The van der Waals surface area contributed by atoms with Gasteiger partial charge in [-0.25, -0.2) is 0 Å². The van der Waals surface area contributed by atoms with Crippen molar-refractivity contribution in [3.05, 3.63) is 35.7 Å². The molecule has 21 heavy (non-hydrogen) atoms. The normalized spacial score (nSPS) is 18.8. The quantitative estimate of drug-likeness (QED) is 0.884. The fourth-order valence-electron chi connectivity index (χ4n) is 2.65. The Morgan fingerprint density at radius 3 is 3.05 bits per heavy atom. The first-order valence-corrected chi connectivity index (χ1v) is 7.28. The Balaban J connectivity index is 1.73. The molecule has 3 rings (SSSR count). The predicted octanol–water partition coefficient (Wildman–Crippen LogP) is 1.20. The molecule has 0 aliphatic carbocycles. The van der Waals surface area contributed by atoms with Gasteiger partial charge in [-0.1, -0.05) is 18.2 Å². The molecule has 1 saturated heterocycles. The van der Waals surface area contributed by atoms with Crippen LogP contribution in [-0.4, -0.2) is 48.0 Å². The number of rotatable bonds is 4. The molecule has 0 saturated carbocycles. The summed E-state index contributed by atoms with van der Waals surface area (Å²) in [6.07, 6.45) is 0.693. The highest BCUT2D eigenvalue weighted by Gasteiger charge is 2.19. The Kier molecular flexibility index (Phi) is 4.06. The number of nitrogens with zero attached hydrogens (tertiary/aromatic N) is 3. The summed E-state index contributed by atoms with van der Waals surface area (Å²) in [6, 6.07) is 8.46. The molecule has 1 aliphatic heterocycles. The van der Waals surface area contributed by atoms with Crippen molar-refractivity contribution in [2.75, 3.05) is 31.6 Å². The number of aromatic nitrogens is 3. The number of methoxy groups -OCH3 is 1. The van der Waals surface area contributed by atoms with Gasteiger partial charge in [-0.05, 0) is 13.0 Å². The van der Waals surface area contributed by atoms with Crippen LogP contribution in [0, 0.1) is 0 Å². The van der Waals surface area contributed by atoms with Gasteiger partial charge in [0.1, 0.15) is 11.6 Å². The van der Waals surface area contributed by atoms with Crippen LogP contribution in [0.5, 0.6) is 5.75 Å². The number of aromatic amines is 1. The summed E-state index contributed by atoms with van der Waals surface area (Å²) in [4.78, 5) is 6.83. The molecule has 2 heterocycles. The van der Waals surface area contributed by atoms with Crippen LogP contribution in [0.4, 0.5) is 5.95 Å². The van der Waals surface area contributed by atoms with Crippen molar-refractivity contribution in [1.29, 1.82) is 0 Å². The van der Waals surface area contributed by atoms with Gasteiger partial charge in [0.15, 0.2) is 0 Å². The van der Waals surface area contributed by atoms with Gasteiger partial charge in [-0.2, -0.15) is 4.98 Å². The van der Waals surface area contributed by atoms with Gasteiger partial charge >= 0.3 is 0 Å². The fourth-order valence-corrected chi connectivity index (χ4v) is 2.65. The van der Waals surface area contributed by atoms with Crippen LogP contribution in [0.25, 0.3) is 0 Å². The van der Waals surface area contributed by atoms with Gasteiger partial charge in [0, 0.05) is 37.7 Å². The molecule has 1 aromatic carbocycles. The van der Waals surface area contributed by atoms with E-state index in [0.717, 1.165) is 42.7 Å². The van der Waals surface area contributed by atoms with Crippen molar-refractivity contribution in [3.63, 3.8) is 0 Å². The summed E-state index contributed by atoms with van der Waals surface area (Å²) in [5, 5.41) is 10.8.